The molecule has 0 bridgehead atoms. The monoisotopic (exact) mass is 370 g/mol. The molecule has 0 aliphatic rings. The van der Waals surface area contributed by atoms with Crippen LogP contribution in [0.5, 0.6) is 0 Å². The van der Waals surface area contributed by atoms with Crippen LogP contribution in [0.15, 0.2) is 11.6 Å². The summed E-state index contributed by atoms with van der Waals surface area (Å²) in [5, 5.41) is 9.81. The SMILES string of the molecule is CCOC(=O)C(O)(C/C(C)=C/CO[Si](C)(C)C(C)(C)C)C(F)(F)F. The maximum absolute atomic E-state index is 13.1. The number of ether oxygens (including phenoxy) is 1. The van der Waals surface area contributed by atoms with Crippen LogP contribution < -0.4 is 0 Å². The van der Waals surface area contributed by atoms with Crippen molar-refractivity contribution in [2.45, 2.75) is 70.9 Å². The first-order valence-corrected chi connectivity index (χ1v) is 10.7. The Morgan fingerprint density at radius 2 is 1.71 bits per heavy atom. The summed E-state index contributed by atoms with van der Waals surface area (Å²) in [4.78, 5) is 11.6. The predicted molar refractivity (Wildman–Crippen MR) is 89.2 cm³/mol. The molecule has 1 atom stereocenters. The fraction of sp³-hybridized carbons (Fsp3) is 0.812. The normalized spacial score (nSPS) is 16.7. The van der Waals surface area contributed by atoms with Crippen molar-refractivity contribution >= 4 is 14.3 Å². The van der Waals surface area contributed by atoms with E-state index in [2.05, 4.69) is 25.5 Å². The first kappa shape index (κ1) is 23.1. The van der Waals surface area contributed by atoms with Crippen molar-refractivity contribution in [2.24, 2.45) is 0 Å². The second-order valence-corrected chi connectivity index (χ2v) is 12.2. The Kier molecular flexibility index (Phi) is 7.72. The molecular formula is C16H29F3O4Si. The van der Waals surface area contributed by atoms with Crippen LogP contribution in [0.3, 0.4) is 0 Å². The minimum absolute atomic E-state index is 0.0214. The average molecular weight is 370 g/mol. The number of rotatable bonds is 7. The van der Waals surface area contributed by atoms with E-state index in [1.807, 2.05) is 13.1 Å². The van der Waals surface area contributed by atoms with Crippen LogP contribution in [0.1, 0.15) is 41.0 Å². The molecule has 0 aromatic rings. The first-order valence-electron chi connectivity index (χ1n) is 7.84. The van der Waals surface area contributed by atoms with Gasteiger partial charge in [0, 0.05) is 6.42 Å². The number of carbonyl (C=O) groups excluding carboxylic acids is 1. The van der Waals surface area contributed by atoms with Crippen molar-refractivity contribution in [1.29, 1.82) is 0 Å². The molecule has 0 aromatic heterocycles. The van der Waals surface area contributed by atoms with Crippen LogP contribution in [0.2, 0.25) is 18.1 Å². The molecule has 0 saturated carbocycles. The minimum Gasteiger partial charge on any atom is -0.464 e. The zero-order valence-corrected chi connectivity index (χ0v) is 16.5. The second kappa shape index (κ2) is 8.01. The van der Waals surface area contributed by atoms with Crippen LogP contribution in [-0.4, -0.2) is 44.4 Å². The van der Waals surface area contributed by atoms with E-state index in [9.17, 15) is 23.1 Å². The van der Waals surface area contributed by atoms with Gasteiger partial charge in [0.2, 0.25) is 0 Å². The van der Waals surface area contributed by atoms with E-state index in [0.717, 1.165) is 0 Å². The number of hydrogen-bond acceptors (Lipinski definition) is 4. The number of halogens is 3. The summed E-state index contributed by atoms with van der Waals surface area (Å²) in [7, 11) is -2.02. The highest BCUT2D eigenvalue weighted by Crippen LogP contribution is 2.38. The largest absolute Gasteiger partial charge is 0.464 e. The lowest BCUT2D eigenvalue weighted by atomic mass is 9.94. The Bertz CT molecular complexity index is 467. The Hall–Kier alpha value is -0.863. The summed E-state index contributed by atoms with van der Waals surface area (Å²) in [6.07, 6.45) is -4.53. The van der Waals surface area contributed by atoms with E-state index in [1.165, 1.54) is 19.9 Å². The molecule has 1 unspecified atom stereocenters. The van der Waals surface area contributed by atoms with Crippen LogP contribution in [0.25, 0.3) is 0 Å². The van der Waals surface area contributed by atoms with Crippen molar-refractivity contribution < 1.29 is 32.2 Å². The Morgan fingerprint density at radius 1 is 1.21 bits per heavy atom. The Morgan fingerprint density at radius 3 is 2.08 bits per heavy atom. The van der Waals surface area contributed by atoms with Gasteiger partial charge in [-0.25, -0.2) is 4.79 Å². The molecule has 0 aliphatic heterocycles. The molecule has 4 nitrogen and oxygen atoms in total. The van der Waals surface area contributed by atoms with Crippen LogP contribution in [0, 0.1) is 0 Å². The third-order valence-electron chi connectivity index (χ3n) is 4.30. The van der Waals surface area contributed by atoms with E-state index in [1.54, 1.807) is 0 Å². The molecule has 0 radical (unpaired) electrons. The number of esters is 1. The smallest absolute Gasteiger partial charge is 0.428 e. The summed E-state index contributed by atoms with van der Waals surface area (Å²) < 4.78 is 49.5. The summed E-state index contributed by atoms with van der Waals surface area (Å²) in [6, 6.07) is 0. The van der Waals surface area contributed by atoms with E-state index in [0.29, 0.717) is 0 Å². The Labute approximate surface area is 143 Å². The summed E-state index contributed by atoms with van der Waals surface area (Å²) >= 11 is 0. The van der Waals surface area contributed by atoms with Crippen molar-refractivity contribution in [3.8, 4) is 0 Å². The lowest BCUT2D eigenvalue weighted by Crippen LogP contribution is -2.53. The van der Waals surface area contributed by atoms with Crippen molar-refractivity contribution in [3.05, 3.63) is 11.6 Å². The number of alkyl halides is 3. The molecule has 0 amide bonds. The van der Waals surface area contributed by atoms with Gasteiger partial charge in [-0.2, -0.15) is 13.2 Å². The molecule has 0 heterocycles. The first-order chi connectivity index (χ1) is 10.6. The number of carbonyl (C=O) groups is 1. The average Bonchev–Trinajstić information content (AvgIpc) is 2.35. The van der Waals surface area contributed by atoms with E-state index in [4.69, 9.17) is 4.43 Å². The highest BCUT2D eigenvalue weighted by atomic mass is 28.4. The van der Waals surface area contributed by atoms with Crippen LogP contribution in [-0.2, 0) is 14.0 Å². The van der Waals surface area contributed by atoms with E-state index < -0.39 is 32.5 Å². The molecule has 0 aliphatic carbocycles. The van der Waals surface area contributed by atoms with Gasteiger partial charge in [0.25, 0.3) is 5.60 Å². The van der Waals surface area contributed by atoms with E-state index in [-0.39, 0.29) is 23.8 Å². The minimum atomic E-state index is -5.12. The van der Waals surface area contributed by atoms with Gasteiger partial charge in [-0.3, -0.25) is 0 Å². The maximum Gasteiger partial charge on any atom is 0.428 e. The maximum atomic E-state index is 13.1. The standard InChI is InChI=1S/C16H29F3O4Si/c1-8-22-13(20)15(21,16(17,18)19)11-12(2)9-10-23-24(6,7)14(3,4)5/h9,21H,8,10-11H2,1-7H3/b12-9+. The highest BCUT2D eigenvalue weighted by molar-refractivity contribution is 6.74. The van der Waals surface area contributed by atoms with Crippen molar-refractivity contribution in [1.82, 2.24) is 0 Å². The molecule has 0 fully saturated rings. The Balaban J connectivity index is 5.09. The van der Waals surface area contributed by atoms with Gasteiger partial charge in [0.05, 0.1) is 13.2 Å². The third kappa shape index (κ3) is 5.89. The predicted octanol–water partition coefficient (Wildman–Crippen LogP) is 4.20. The topological polar surface area (TPSA) is 55.8 Å². The van der Waals surface area contributed by atoms with Gasteiger partial charge in [0.15, 0.2) is 8.32 Å². The quantitative estimate of drug-likeness (QED) is 0.414. The van der Waals surface area contributed by atoms with Crippen molar-refractivity contribution in [3.63, 3.8) is 0 Å². The molecule has 0 aromatic carbocycles. The number of aliphatic hydroxyl groups is 1. The second-order valence-electron chi connectivity index (χ2n) is 7.38. The molecule has 0 saturated heterocycles. The molecule has 1 N–H and O–H groups in total. The molecule has 8 heteroatoms. The molecule has 24 heavy (non-hydrogen) atoms. The third-order valence-corrected chi connectivity index (χ3v) is 8.80. The van der Waals surface area contributed by atoms with E-state index >= 15 is 0 Å². The summed E-state index contributed by atoms with van der Waals surface area (Å²) in [5.41, 5.74) is -3.33. The fourth-order valence-corrected chi connectivity index (χ4v) is 2.56. The molecular weight excluding hydrogens is 341 g/mol. The number of hydrogen-bond donors (Lipinski definition) is 1. The van der Waals surface area contributed by atoms with Crippen LogP contribution in [0.4, 0.5) is 13.2 Å². The van der Waals surface area contributed by atoms with Gasteiger partial charge < -0.3 is 14.3 Å². The summed E-state index contributed by atoms with van der Waals surface area (Å²) in [5.74, 6) is -1.68. The summed E-state index contributed by atoms with van der Waals surface area (Å²) in [6.45, 7) is 12.9. The molecule has 0 spiro atoms. The lowest BCUT2D eigenvalue weighted by Gasteiger charge is -2.36. The zero-order chi connectivity index (χ0) is 19.4. The lowest BCUT2D eigenvalue weighted by molar-refractivity contribution is -0.262. The highest BCUT2D eigenvalue weighted by Gasteiger charge is 2.60. The van der Waals surface area contributed by atoms with Gasteiger partial charge >= 0.3 is 12.1 Å². The molecule has 142 valence electrons. The fourth-order valence-electron chi connectivity index (χ4n) is 1.62. The van der Waals surface area contributed by atoms with Gasteiger partial charge in [-0.05, 0) is 32.0 Å². The molecule has 0 rings (SSSR count). The van der Waals surface area contributed by atoms with Gasteiger partial charge in [0.1, 0.15) is 0 Å². The van der Waals surface area contributed by atoms with Gasteiger partial charge in [-0.15, -0.1) is 0 Å². The van der Waals surface area contributed by atoms with Crippen LogP contribution >= 0.6 is 0 Å². The zero-order valence-electron chi connectivity index (χ0n) is 15.5. The van der Waals surface area contributed by atoms with Gasteiger partial charge in [-0.1, -0.05) is 32.4 Å². The van der Waals surface area contributed by atoms with Crippen molar-refractivity contribution in [2.75, 3.05) is 13.2 Å².